The zero-order valence-electron chi connectivity index (χ0n) is 20.6. The predicted molar refractivity (Wildman–Crippen MR) is 144 cm³/mol. The quantitative estimate of drug-likeness (QED) is 0.408. The first-order chi connectivity index (χ1) is 17.9. The number of halogens is 1. The fourth-order valence-corrected chi connectivity index (χ4v) is 4.50. The molecule has 1 amide bonds. The van der Waals surface area contributed by atoms with E-state index < -0.39 is 0 Å². The standard InChI is InChI=1S/C27H27ClN6O3/c1-17-15-18(3-10-23(17)36-2)21-8-9-22-25(30-21)26(32-27(29)31-22)34-13-11-33(12-14-34)24(35)16-37-20-6-4-19(28)5-7-20/h3-10,15H,11-14,16H2,1-2H3,(H2,29,31,32). The fraction of sp³-hybridized carbons (Fsp3) is 0.259. The Bertz CT molecular complexity index is 1440. The van der Waals surface area contributed by atoms with Crippen molar-refractivity contribution in [3.05, 3.63) is 65.2 Å². The topological polar surface area (TPSA) is 107 Å². The lowest BCUT2D eigenvalue weighted by Gasteiger charge is -2.35. The number of nitrogens with two attached hydrogens (primary N) is 1. The highest BCUT2D eigenvalue weighted by atomic mass is 35.5. The van der Waals surface area contributed by atoms with Crippen LogP contribution in [0, 0.1) is 6.92 Å². The van der Waals surface area contributed by atoms with E-state index in [-0.39, 0.29) is 18.5 Å². The second-order valence-electron chi connectivity index (χ2n) is 8.76. The van der Waals surface area contributed by atoms with Crippen LogP contribution in [0.25, 0.3) is 22.3 Å². The summed E-state index contributed by atoms with van der Waals surface area (Å²) in [6.07, 6.45) is 0. The van der Waals surface area contributed by atoms with Gasteiger partial charge in [0.25, 0.3) is 5.91 Å². The SMILES string of the molecule is COc1ccc(-c2ccc3nc(N)nc(N4CCN(C(=O)COc5ccc(Cl)cc5)CC4)c3n2)cc1C. The summed E-state index contributed by atoms with van der Waals surface area (Å²) in [7, 11) is 1.66. The molecule has 0 spiro atoms. The lowest BCUT2D eigenvalue weighted by Crippen LogP contribution is -2.50. The van der Waals surface area contributed by atoms with E-state index in [1.165, 1.54) is 0 Å². The number of pyridine rings is 1. The van der Waals surface area contributed by atoms with Crippen LogP contribution >= 0.6 is 11.6 Å². The minimum absolute atomic E-state index is 0.0305. The molecule has 0 bridgehead atoms. The molecule has 9 nitrogen and oxygen atoms in total. The van der Waals surface area contributed by atoms with Gasteiger partial charge in [0.2, 0.25) is 5.95 Å². The molecule has 2 aromatic heterocycles. The number of aromatic nitrogens is 3. The molecule has 0 saturated carbocycles. The number of aryl methyl sites for hydroxylation is 1. The zero-order chi connectivity index (χ0) is 25.9. The van der Waals surface area contributed by atoms with Crippen LogP contribution in [-0.4, -0.2) is 65.7 Å². The molecule has 0 radical (unpaired) electrons. The van der Waals surface area contributed by atoms with E-state index in [4.69, 9.17) is 31.8 Å². The average Bonchev–Trinajstić information content (AvgIpc) is 2.92. The first-order valence-corrected chi connectivity index (χ1v) is 12.3. The summed E-state index contributed by atoms with van der Waals surface area (Å²) in [6.45, 7) is 4.21. The number of methoxy groups -OCH3 is 1. The van der Waals surface area contributed by atoms with Crippen molar-refractivity contribution in [1.29, 1.82) is 0 Å². The Hall–Kier alpha value is -4.11. The summed E-state index contributed by atoms with van der Waals surface area (Å²) >= 11 is 5.90. The predicted octanol–water partition coefficient (Wildman–Crippen LogP) is 3.97. The second-order valence-corrected chi connectivity index (χ2v) is 9.20. The Morgan fingerprint density at radius 2 is 1.76 bits per heavy atom. The summed E-state index contributed by atoms with van der Waals surface area (Å²) in [4.78, 5) is 30.4. The van der Waals surface area contributed by atoms with Crippen LogP contribution < -0.4 is 20.1 Å². The van der Waals surface area contributed by atoms with Crippen molar-refractivity contribution in [1.82, 2.24) is 19.9 Å². The lowest BCUT2D eigenvalue weighted by molar-refractivity contribution is -0.133. The van der Waals surface area contributed by atoms with Gasteiger partial charge in [-0.1, -0.05) is 11.6 Å². The molecule has 0 atom stereocenters. The highest BCUT2D eigenvalue weighted by Gasteiger charge is 2.24. The second kappa shape index (κ2) is 10.5. The van der Waals surface area contributed by atoms with Gasteiger partial charge in [-0.15, -0.1) is 0 Å². The largest absolute Gasteiger partial charge is 0.496 e. The Kier molecular flexibility index (Phi) is 6.96. The van der Waals surface area contributed by atoms with Crippen molar-refractivity contribution in [2.24, 2.45) is 0 Å². The minimum atomic E-state index is -0.0723. The monoisotopic (exact) mass is 518 g/mol. The molecule has 1 aliphatic rings. The maximum Gasteiger partial charge on any atom is 0.260 e. The van der Waals surface area contributed by atoms with Crippen LogP contribution in [0.4, 0.5) is 11.8 Å². The average molecular weight is 519 g/mol. The van der Waals surface area contributed by atoms with Gasteiger partial charge in [-0.25, -0.2) is 9.97 Å². The smallest absolute Gasteiger partial charge is 0.260 e. The van der Waals surface area contributed by atoms with Crippen LogP contribution in [0.2, 0.25) is 5.02 Å². The molecule has 3 heterocycles. The normalized spacial score (nSPS) is 13.6. The number of carbonyl (C=O) groups excluding carboxylic acids is 1. The number of ether oxygens (including phenoxy) is 2. The van der Waals surface area contributed by atoms with E-state index in [1.54, 1.807) is 36.3 Å². The number of hydrogen-bond acceptors (Lipinski definition) is 8. The maximum absolute atomic E-state index is 12.7. The molecular weight excluding hydrogens is 492 g/mol. The van der Waals surface area contributed by atoms with Gasteiger partial charge >= 0.3 is 0 Å². The molecule has 2 N–H and O–H groups in total. The third kappa shape index (κ3) is 5.36. The van der Waals surface area contributed by atoms with Gasteiger partial charge in [0.15, 0.2) is 12.4 Å². The molecule has 1 aliphatic heterocycles. The minimum Gasteiger partial charge on any atom is -0.496 e. The summed E-state index contributed by atoms with van der Waals surface area (Å²) < 4.78 is 11.0. The number of nitrogen functional groups attached to an aromatic ring is 1. The first-order valence-electron chi connectivity index (χ1n) is 11.9. The van der Waals surface area contributed by atoms with E-state index in [2.05, 4.69) is 14.9 Å². The van der Waals surface area contributed by atoms with Crippen LogP contribution in [0.3, 0.4) is 0 Å². The molecule has 4 aromatic rings. The molecule has 5 rings (SSSR count). The number of piperazine rings is 1. The van der Waals surface area contributed by atoms with Gasteiger partial charge in [0.05, 0.1) is 18.3 Å². The van der Waals surface area contributed by atoms with E-state index in [1.807, 2.05) is 37.3 Å². The number of hydrogen-bond donors (Lipinski definition) is 1. The number of benzene rings is 2. The lowest BCUT2D eigenvalue weighted by atomic mass is 10.1. The Balaban J connectivity index is 1.32. The van der Waals surface area contributed by atoms with Gasteiger partial charge in [0.1, 0.15) is 17.0 Å². The van der Waals surface area contributed by atoms with Crippen molar-refractivity contribution in [3.63, 3.8) is 0 Å². The summed E-state index contributed by atoms with van der Waals surface area (Å²) in [6, 6.07) is 16.7. The highest BCUT2D eigenvalue weighted by molar-refractivity contribution is 6.30. The molecule has 190 valence electrons. The van der Waals surface area contributed by atoms with Crippen LogP contribution in [0.1, 0.15) is 5.56 Å². The molecule has 1 saturated heterocycles. The van der Waals surface area contributed by atoms with Gasteiger partial charge < -0.3 is 25.0 Å². The number of carbonyl (C=O) groups is 1. The maximum atomic E-state index is 12.7. The summed E-state index contributed by atoms with van der Waals surface area (Å²) in [5.74, 6) is 2.21. The van der Waals surface area contributed by atoms with Gasteiger partial charge in [-0.2, -0.15) is 4.98 Å². The van der Waals surface area contributed by atoms with Crippen molar-refractivity contribution in [2.45, 2.75) is 6.92 Å². The molecule has 2 aromatic carbocycles. The van der Waals surface area contributed by atoms with Crippen LogP contribution in [0.5, 0.6) is 11.5 Å². The Morgan fingerprint density at radius 1 is 1.00 bits per heavy atom. The van der Waals surface area contributed by atoms with Crippen molar-refractivity contribution in [2.75, 3.05) is 50.5 Å². The van der Waals surface area contributed by atoms with E-state index in [0.29, 0.717) is 53.8 Å². The number of anilines is 2. The number of nitrogens with zero attached hydrogens (tertiary/aromatic N) is 5. The van der Waals surface area contributed by atoms with Gasteiger partial charge in [0, 0.05) is 36.8 Å². The molecule has 37 heavy (non-hydrogen) atoms. The number of rotatable bonds is 6. The van der Waals surface area contributed by atoms with E-state index in [9.17, 15) is 4.79 Å². The van der Waals surface area contributed by atoms with Gasteiger partial charge in [-0.05, 0) is 67.1 Å². The van der Waals surface area contributed by atoms with Crippen LogP contribution in [0.15, 0.2) is 54.6 Å². The summed E-state index contributed by atoms with van der Waals surface area (Å²) in [5, 5.41) is 0.619. The third-order valence-corrected chi connectivity index (χ3v) is 6.59. The number of fused-ring (bicyclic) bond motifs is 1. The zero-order valence-corrected chi connectivity index (χ0v) is 21.4. The van der Waals surface area contributed by atoms with Crippen molar-refractivity contribution in [3.8, 4) is 22.8 Å². The molecule has 0 unspecified atom stereocenters. The third-order valence-electron chi connectivity index (χ3n) is 6.34. The molecular formula is C27H27ClN6O3. The fourth-order valence-electron chi connectivity index (χ4n) is 4.37. The molecule has 1 fully saturated rings. The summed E-state index contributed by atoms with van der Waals surface area (Å²) in [5.41, 5.74) is 10.2. The van der Waals surface area contributed by atoms with E-state index >= 15 is 0 Å². The Morgan fingerprint density at radius 3 is 2.46 bits per heavy atom. The van der Waals surface area contributed by atoms with Gasteiger partial charge in [-0.3, -0.25) is 4.79 Å². The van der Waals surface area contributed by atoms with Crippen molar-refractivity contribution >= 4 is 40.3 Å². The van der Waals surface area contributed by atoms with Crippen LogP contribution in [-0.2, 0) is 4.79 Å². The van der Waals surface area contributed by atoms with E-state index in [0.717, 1.165) is 22.6 Å². The number of amides is 1. The Labute approximate surface area is 219 Å². The molecule has 0 aliphatic carbocycles. The first kappa shape index (κ1) is 24.6. The van der Waals surface area contributed by atoms with Crippen molar-refractivity contribution < 1.29 is 14.3 Å². The highest BCUT2D eigenvalue weighted by Crippen LogP contribution is 2.29. The molecule has 10 heteroatoms.